The lowest BCUT2D eigenvalue weighted by Gasteiger charge is -2.28. The number of hydrogen-bond acceptors (Lipinski definition) is 1. The van der Waals surface area contributed by atoms with Gasteiger partial charge in [-0.05, 0) is 31.4 Å². The number of para-hydroxylation sites is 1. The largest absolute Gasteiger partial charge is 0.367 e. The topological polar surface area (TPSA) is 3.24 Å². The third-order valence-corrected chi connectivity index (χ3v) is 2.81. The average molecular weight is 187 g/mol. The summed E-state index contributed by atoms with van der Waals surface area (Å²) in [5.41, 5.74) is 4.21. The van der Waals surface area contributed by atoms with Crippen LogP contribution < -0.4 is 4.90 Å². The number of aryl methyl sites for hydroxylation is 2. The number of anilines is 1. The Morgan fingerprint density at radius 1 is 1.07 bits per heavy atom. The average Bonchev–Trinajstić information content (AvgIpc) is 2.19. The van der Waals surface area contributed by atoms with E-state index in [1.165, 1.54) is 23.2 Å². The van der Waals surface area contributed by atoms with Gasteiger partial charge in [0.25, 0.3) is 0 Å². The van der Waals surface area contributed by atoms with Crippen LogP contribution in [0.5, 0.6) is 0 Å². The molecule has 0 N–H and O–H groups in total. The molecule has 0 atom stereocenters. The van der Waals surface area contributed by atoms with Gasteiger partial charge in [0.15, 0.2) is 0 Å². The maximum absolute atomic E-state index is 2.46. The van der Waals surface area contributed by atoms with Crippen molar-refractivity contribution in [1.29, 1.82) is 0 Å². The Hall–Kier alpha value is -1.24. The Labute approximate surface area is 86.1 Å². The summed E-state index contributed by atoms with van der Waals surface area (Å²) in [7, 11) is 0. The highest BCUT2D eigenvalue weighted by Gasteiger charge is 2.11. The van der Waals surface area contributed by atoms with E-state index in [9.17, 15) is 0 Å². The summed E-state index contributed by atoms with van der Waals surface area (Å²) in [6, 6.07) is 6.52. The zero-order valence-electron chi connectivity index (χ0n) is 8.96. The lowest BCUT2D eigenvalue weighted by Crippen LogP contribution is -2.28. The number of nitrogens with zero attached hydrogens (tertiary/aromatic N) is 1. The summed E-state index contributed by atoms with van der Waals surface area (Å²) in [5, 5.41) is 0. The molecule has 0 unspecified atom stereocenters. The van der Waals surface area contributed by atoms with Crippen LogP contribution in [-0.2, 0) is 0 Å². The Kier molecular flexibility index (Phi) is 2.58. The maximum Gasteiger partial charge on any atom is 0.0428 e. The van der Waals surface area contributed by atoms with Crippen LogP contribution in [0, 0.1) is 13.8 Å². The summed E-state index contributed by atoms with van der Waals surface area (Å²) in [4.78, 5) is 2.46. The van der Waals surface area contributed by atoms with Gasteiger partial charge in [-0.1, -0.05) is 30.4 Å². The summed E-state index contributed by atoms with van der Waals surface area (Å²) >= 11 is 0. The minimum atomic E-state index is 1.06. The quantitative estimate of drug-likeness (QED) is 0.611. The third kappa shape index (κ3) is 1.67. The molecule has 1 aromatic carbocycles. The van der Waals surface area contributed by atoms with Gasteiger partial charge in [0.05, 0.1) is 0 Å². The van der Waals surface area contributed by atoms with Crippen LogP contribution in [0.2, 0.25) is 0 Å². The van der Waals surface area contributed by atoms with E-state index in [1.807, 2.05) is 0 Å². The SMILES string of the molecule is Cc1cccc(C)c1N1CC=CCC1. The van der Waals surface area contributed by atoms with Crippen molar-refractivity contribution < 1.29 is 0 Å². The van der Waals surface area contributed by atoms with Gasteiger partial charge in [-0.2, -0.15) is 0 Å². The van der Waals surface area contributed by atoms with E-state index < -0.39 is 0 Å². The van der Waals surface area contributed by atoms with E-state index in [0.29, 0.717) is 0 Å². The first-order valence-corrected chi connectivity index (χ1v) is 5.25. The normalized spacial score (nSPS) is 16.0. The molecule has 2 rings (SSSR count). The van der Waals surface area contributed by atoms with Crippen molar-refractivity contribution in [2.45, 2.75) is 20.3 Å². The molecule has 1 aliphatic rings. The Balaban J connectivity index is 2.35. The highest BCUT2D eigenvalue weighted by molar-refractivity contribution is 5.59. The summed E-state index contributed by atoms with van der Waals surface area (Å²) in [5.74, 6) is 0. The molecule has 0 bridgehead atoms. The summed E-state index contributed by atoms with van der Waals surface area (Å²) < 4.78 is 0. The van der Waals surface area contributed by atoms with Crippen molar-refractivity contribution >= 4 is 5.69 Å². The van der Waals surface area contributed by atoms with Crippen LogP contribution in [0.25, 0.3) is 0 Å². The van der Waals surface area contributed by atoms with Gasteiger partial charge < -0.3 is 4.90 Å². The number of benzene rings is 1. The van der Waals surface area contributed by atoms with Crippen molar-refractivity contribution in [2.75, 3.05) is 18.0 Å². The molecule has 0 amide bonds. The standard InChI is InChI=1S/C13H17N/c1-11-7-6-8-12(2)13(11)14-9-4-3-5-10-14/h3-4,6-8H,5,9-10H2,1-2H3. The molecule has 0 saturated carbocycles. The van der Waals surface area contributed by atoms with E-state index in [-0.39, 0.29) is 0 Å². The van der Waals surface area contributed by atoms with Crippen LogP contribution in [0.1, 0.15) is 17.5 Å². The fraction of sp³-hybridized carbons (Fsp3) is 0.385. The van der Waals surface area contributed by atoms with Crippen molar-refractivity contribution in [1.82, 2.24) is 0 Å². The lowest BCUT2D eigenvalue weighted by molar-refractivity contribution is 0.814. The minimum Gasteiger partial charge on any atom is -0.367 e. The Bertz CT molecular complexity index is 332. The molecule has 0 aliphatic carbocycles. The summed E-state index contributed by atoms with van der Waals surface area (Å²) in [6.45, 7) is 6.61. The van der Waals surface area contributed by atoms with Crippen LogP contribution in [0.15, 0.2) is 30.4 Å². The lowest BCUT2D eigenvalue weighted by atomic mass is 10.1. The van der Waals surface area contributed by atoms with Crippen molar-refractivity contribution in [2.24, 2.45) is 0 Å². The first kappa shape index (κ1) is 9.32. The highest BCUT2D eigenvalue weighted by Crippen LogP contribution is 2.25. The molecule has 1 aromatic rings. The molecule has 0 saturated heterocycles. The van der Waals surface area contributed by atoms with Crippen LogP contribution >= 0.6 is 0 Å². The highest BCUT2D eigenvalue weighted by atomic mass is 15.1. The predicted molar refractivity (Wildman–Crippen MR) is 61.9 cm³/mol. The molecule has 0 fully saturated rings. The van der Waals surface area contributed by atoms with Gasteiger partial charge in [-0.3, -0.25) is 0 Å². The number of hydrogen-bond donors (Lipinski definition) is 0. The minimum absolute atomic E-state index is 1.06. The van der Waals surface area contributed by atoms with Crippen molar-refractivity contribution in [3.05, 3.63) is 41.5 Å². The molecular weight excluding hydrogens is 170 g/mol. The van der Waals surface area contributed by atoms with Gasteiger partial charge in [0.1, 0.15) is 0 Å². The molecule has 0 spiro atoms. The molecule has 0 aromatic heterocycles. The first-order valence-electron chi connectivity index (χ1n) is 5.25. The van der Waals surface area contributed by atoms with E-state index in [4.69, 9.17) is 0 Å². The second kappa shape index (κ2) is 3.87. The Morgan fingerprint density at radius 3 is 2.36 bits per heavy atom. The molecule has 14 heavy (non-hydrogen) atoms. The van der Waals surface area contributed by atoms with Crippen LogP contribution in [0.4, 0.5) is 5.69 Å². The molecule has 1 nitrogen and oxygen atoms in total. The molecule has 0 radical (unpaired) electrons. The van der Waals surface area contributed by atoms with Gasteiger partial charge in [0, 0.05) is 18.8 Å². The second-order valence-electron chi connectivity index (χ2n) is 3.95. The van der Waals surface area contributed by atoms with E-state index in [1.54, 1.807) is 0 Å². The van der Waals surface area contributed by atoms with Crippen molar-refractivity contribution in [3.63, 3.8) is 0 Å². The van der Waals surface area contributed by atoms with Crippen LogP contribution in [-0.4, -0.2) is 13.1 Å². The number of rotatable bonds is 1. The maximum atomic E-state index is 2.46. The first-order chi connectivity index (χ1) is 6.79. The monoisotopic (exact) mass is 187 g/mol. The van der Waals surface area contributed by atoms with E-state index in [0.717, 1.165) is 13.1 Å². The fourth-order valence-electron chi connectivity index (χ4n) is 2.15. The van der Waals surface area contributed by atoms with E-state index in [2.05, 4.69) is 49.1 Å². The van der Waals surface area contributed by atoms with Crippen LogP contribution in [0.3, 0.4) is 0 Å². The van der Waals surface area contributed by atoms with Gasteiger partial charge >= 0.3 is 0 Å². The fourth-order valence-corrected chi connectivity index (χ4v) is 2.15. The molecule has 1 heteroatoms. The van der Waals surface area contributed by atoms with Gasteiger partial charge in [0.2, 0.25) is 0 Å². The smallest absolute Gasteiger partial charge is 0.0428 e. The van der Waals surface area contributed by atoms with Gasteiger partial charge in [-0.15, -0.1) is 0 Å². The molecular formula is C13H17N. The van der Waals surface area contributed by atoms with Crippen molar-refractivity contribution in [3.8, 4) is 0 Å². The predicted octanol–water partition coefficient (Wildman–Crippen LogP) is 3.07. The third-order valence-electron chi connectivity index (χ3n) is 2.81. The summed E-state index contributed by atoms with van der Waals surface area (Å²) in [6.07, 6.45) is 5.70. The molecule has 74 valence electrons. The molecule has 1 aliphatic heterocycles. The Morgan fingerprint density at radius 2 is 1.79 bits per heavy atom. The van der Waals surface area contributed by atoms with Gasteiger partial charge in [-0.25, -0.2) is 0 Å². The zero-order valence-corrected chi connectivity index (χ0v) is 8.96. The van der Waals surface area contributed by atoms with E-state index >= 15 is 0 Å². The second-order valence-corrected chi connectivity index (χ2v) is 3.95. The zero-order chi connectivity index (χ0) is 9.97. The molecule has 1 heterocycles.